The van der Waals surface area contributed by atoms with Crippen LogP contribution in [-0.2, 0) is 0 Å². The molecule has 6 heteroatoms. The number of hydrogen-bond acceptors (Lipinski definition) is 2. The molecule has 2 nitrogen and oxygen atoms in total. The van der Waals surface area contributed by atoms with Crippen molar-refractivity contribution in [2.45, 2.75) is 18.6 Å². The van der Waals surface area contributed by atoms with E-state index in [9.17, 15) is 17.6 Å². The second-order valence-corrected chi connectivity index (χ2v) is 2.11. The minimum absolute atomic E-state index is 0.646. The molecule has 0 rings (SSSR count). The van der Waals surface area contributed by atoms with E-state index >= 15 is 0 Å². The van der Waals surface area contributed by atoms with Crippen molar-refractivity contribution in [2.24, 2.45) is 5.84 Å². The number of hydrazine groups is 1. The van der Waals surface area contributed by atoms with E-state index < -0.39 is 18.4 Å². The van der Waals surface area contributed by atoms with Crippen LogP contribution >= 0.6 is 0 Å². The zero-order valence-electron chi connectivity index (χ0n) is 5.30. The van der Waals surface area contributed by atoms with Gasteiger partial charge in [0.05, 0.1) is 0 Å². The van der Waals surface area contributed by atoms with Crippen molar-refractivity contribution in [2.75, 3.05) is 6.67 Å². The van der Waals surface area contributed by atoms with Crippen LogP contribution in [0.2, 0.25) is 0 Å². The van der Waals surface area contributed by atoms with Crippen molar-refractivity contribution < 1.29 is 17.6 Å². The van der Waals surface area contributed by atoms with E-state index in [-0.39, 0.29) is 0 Å². The fourth-order valence-corrected chi connectivity index (χ4v) is 0.196. The van der Waals surface area contributed by atoms with Gasteiger partial charge in [0.2, 0.25) is 0 Å². The monoisotopic (exact) mass is 160 g/mol. The van der Waals surface area contributed by atoms with Crippen LogP contribution in [-0.4, -0.2) is 18.4 Å². The molecular formula is C4H8F4N2. The average molecular weight is 160 g/mol. The van der Waals surface area contributed by atoms with Crippen molar-refractivity contribution in [3.8, 4) is 0 Å². The molecule has 0 saturated heterocycles. The Morgan fingerprint density at radius 1 is 1.40 bits per heavy atom. The maximum atomic E-state index is 11.7. The molecule has 1 unspecified atom stereocenters. The lowest BCUT2D eigenvalue weighted by atomic mass is 10.1. The molecule has 0 aromatic carbocycles. The highest BCUT2D eigenvalue weighted by molar-refractivity contribution is 4.87. The maximum Gasteiger partial charge on any atom is 0.410 e. The van der Waals surface area contributed by atoms with Crippen LogP contribution in [0, 0.1) is 0 Å². The van der Waals surface area contributed by atoms with Gasteiger partial charge in [0.1, 0.15) is 6.67 Å². The zero-order valence-corrected chi connectivity index (χ0v) is 5.30. The molecule has 3 N–H and O–H groups in total. The molecule has 0 aliphatic carbocycles. The first-order valence-electron chi connectivity index (χ1n) is 2.48. The van der Waals surface area contributed by atoms with Crippen molar-refractivity contribution in [3.05, 3.63) is 0 Å². The molecule has 10 heavy (non-hydrogen) atoms. The van der Waals surface area contributed by atoms with E-state index in [4.69, 9.17) is 0 Å². The lowest BCUT2D eigenvalue weighted by molar-refractivity contribution is -0.195. The Bertz CT molecular complexity index is 106. The zero-order chi connectivity index (χ0) is 8.41. The minimum atomic E-state index is -4.66. The Balaban J connectivity index is 4.33. The van der Waals surface area contributed by atoms with Gasteiger partial charge in [-0.2, -0.15) is 13.2 Å². The van der Waals surface area contributed by atoms with E-state index in [1.165, 1.54) is 5.43 Å². The molecule has 0 aromatic rings. The molecule has 0 saturated carbocycles. The quantitative estimate of drug-likeness (QED) is 0.355. The fourth-order valence-electron chi connectivity index (χ4n) is 0.196. The SMILES string of the molecule is CC(CF)(NN)C(F)(F)F. The molecule has 0 spiro atoms. The molecule has 0 aliphatic heterocycles. The van der Waals surface area contributed by atoms with Gasteiger partial charge in [-0.15, -0.1) is 0 Å². The second kappa shape index (κ2) is 2.71. The van der Waals surface area contributed by atoms with Crippen LogP contribution in [0.3, 0.4) is 0 Å². The topological polar surface area (TPSA) is 38.0 Å². The summed E-state index contributed by atoms with van der Waals surface area (Å²) in [5, 5.41) is 0. The molecule has 0 radical (unpaired) electrons. The Morgan fingerprint density at radius 2 is 1.80 bits per heavy atom. The number of nitrogens with one attached hydrogen (secondary N) is 1. The van der Waals surface area contributed by atoms with Crippen molar-refractivity contribution in [1.82, 2.24) is 5.43 Å². The molecular weight excluding hydrogens is 152 g/mol. The largest absolute Gasteiger partial charge is 0.410 e. The highest BCUT2D eigenvalue weighted by Gasteiger charge is 2.50. The van der Waals surface area contributed by atoms with Crippen molar-refractivity contribution >= 4 is 0 Å². The third kappa shape index (κ3) is 1.57. The molecule has 62 valence electrons. The fraction of sp³-hybridized carbons (Fsp3) is 1.00. The number of nitrogens with two attached hydrogens (primary N) is 1. The second-order valence-electron chi connectivity index (χ2n) is 2.11. The van der Waals surface area contributed by atoms with Gasteiger partial charge in [0, 0.05) is 0 Å². The van der Waals surface area contributed by atoms with Crippen LogP contribution in [0.5, 0.6) is 0 Å². The summed E-state index contributed by atoms with van der Waals surface area (Å²) in [6, 6.07) is 0. The number of hydrogen-bond donors (Lipinski definition) is 2. The summed E-state index contributed by atoms with van der Waals surface area (Å²) in [5.41, 5.74) is -1.25. The van der Waals surface area contributed by atoms with Crippen LogP contribution in [0.25, 0.3) is 0 Å². The molecule has 0 heterocycles. The van der Waals surface area contributed by atoms with Gasteiger partial charge in [-0.3, -0.25) is 5.84 Å². The van der Waals surface area contributed by atoms with Crippen molar-refractivity contribution in [1.29, 1.82) is 0 Å². The summed E-state index contributed by atoms with van der Waals surface area (Å²) in [6.45, 7) is -0.931. The summed E-state index contributed by atoms with van der Waals surface area (Å²) in [5.74, 6) is 4.49. The van der Waals surface area contributed by atoms with Crippen LogP contribution in [0.15, 0.2) is 0 Å². The normalized spacial score (nSPS) is 18.6. The predicted octanol–water partition coefficient (Wildman–Crippen LogP) is 0.740. The number of rotatable bonds is 2. The van der Waals surface area contributed by atoms with Crippen molar-refractivity contribution in [3.63, 3.8) is 0 Å². The maximum absolute atomic E-state index is 11.7. The van der Waals surface area contributed by atoms with Gasteiger partial charge >= 0.3 is 6.18 Å². The molecule has 0 bridgehead atoms. The molecule has 0 aromatic heterocycles. The minimum Gasteiger partial charge on any atom is -0.271 e. The lowest BCUT2D eigenvalue weighted by Crippen LogP contribution is -2.59. The summed E-state index contributed by atoms with van der Waals surface area (Å²) in [4.78, 5) is 0. The third-order valence-electron chi connectivity index (χ3n) is 1.21. The van der Waals surface area contributed by atoms with Gasteiger partial charge in [-0.25, -0.2) is 9.82 Å². The van der Waals surface area contributed by atoms with Crippen LogP contribution in [0.4, 0.5) is 17.6 Å². The number of alkyl halides is 4. The summed E-state index contributed by atoms with van der Waals surface area (Å²) in [7, 11) is 0. The van der Waals surface area contributed by atoms with E-state index in [0.29, 0.717) is 6.92 Å². The lowest BCUT2D eigenvalue weighted by Gasteiger charge is -2.27. The molecule has 0 amide bonds. The Labute approximate surface area is 55.4 Å². The summed E-state index contributed by atoms with van der Waals surface area (Å²) in [6.07, 6.45) is -4.66. The van der Waals surface area contributed by atoms with E-state index in [2.05, 4.69) is 5.84 Å². The Kier molecular flexibility index (Phi) is 2.61. The van der Waals surface area contributed by atoms with E-state index in [1.807, 2.05) is 0 Å². The predicted molar refractivity (Wildman–Crippen MR) is 27.8 cm³/mol. The van der Waals surface area contributed by atoms with Gasteiger partial charge in [-0.1, -0.05) is 0 Å². The average Bonchev–Trinajstić information content (AvgIpc) is 1.84. The first-order chi connectivity index (χ1) is 4.37. The van der Waals surface area contributed by atoms with Gasteiger partial charge in [-0.05, 0) is 6.92 Å². The Hall–Kier alpha value is -0.360. The highest BCUT2D eigenvalue weighted by Crippen LogP contribution is 2.29. The highest BCUT2D eigenvalue weighted by atomic mass is 19.4. The first kappa shape index (κ1) is 9.64. The molecule has 0 fully saturated rings. The smallest absolute Gasteiger partial charge is 0.271 e. The summed E-state index contributed by atoms with van der Waals surface area (Å²) >= 11 is 0. The number of halogens is 4. The van der Waals surface area contributed by atoms with Gasteiger partial charge in [0.15, 0.2) is 5.54 Å². The van der Waals surface area contributed by atoms with Crippen LogP contribution in [0.1, 0.15) is 6.92 Å². The molecule has 1 atom stereocenters. The third-order valence-corrected chi connectivity index (χ3v) is 1.21. The van der Waals surface area contributed by atoms with Gasteiger partial charge < -0.3 is 0 Å². The van der Waals surface area contributed by atoms with E-state index in [0.717, 1.165) is 0 Å². The van der Waals surface area contributed by atoms with E-state index in [1.54, 1.807) is 0 Å². The summed E-state index contributed by atoms with van der Waals surface area (Å²) < 4.78 is 46.8. The molecule has 0 aliphatic rings. The Morgan fingerprint density at radius 3 is 1.80 bits per heavy atom. The first-order valence-corrected chi connectivity index (χ1v) is 2.48. The van der Waals surface area contributed by atoms with Gasteiger partial charge in [0.25, 0.3) is 0 Å². The standard InChI is InChI=1S/C4H8F4N2/c1-3(2-5,10-9)4(6,7)8/h10H,2,9H2,1H3. The van der Waals surface area contributed by atoms with Crippen LogP contribution < -0.4 is 11.3 Å².